The number of anilines is 1. The number of fused-ring (bicyclic) bond motifs is 1. The molecular formula is C27H32F2N6O4. The number of ether oxygens (including phenoxy) is 3. The number of morpholine rings is 1. The Morgan fingerprint density at radius 1 is 1.05 bits per heavy atom. The molecule has 3 saturated heterocycles. The number of rotatable bonds is 7. The molecule has 0 aliphatic carbocycles. The molecule has 0 radical (unpaired) electrons. The Morgan fingerprint density at radius 3 is 2.69 bits per heavy atom. The molecule has 0 spiro atoms. The highest BCUT2D eigenvalue weighted by Gasteiger charge is 2.32. The van der Waals surface area contributed by atoms with Crippen molar-refractivity contribution in [2.24, 2.45) is 11.8 Å². The van der Waals surface area contributed by atoms with E-state index in [1.54, 1.807) is 30.3 Å². The van der Waals surface area contributed by atoms with Gasteiger partial charge in [-0.15, -0.1) is 0 Å². The number of aromatic nitrogens is 4. The Labute approximate surface area is 224 Å². The van der Waals surface area contributed by atoms with Crippen molar-refractivity contribution in [1.29, 1.82) is 0 Å². The van der Waals surface area contributed by atoms with Crippen molar-refractivity contribution < 1.29 is 27.8 Å². The van der Waals surface area contributed by atoms with Crippen molar-refractivity contribution in [2.75, 3.05) is 64.1 Å². The first-order valence-corrected chi connectivity index (χ1v) is 13.5. The van der Waals surface area contributed by atoms with Crippen LogP contribution in [0.5, 0.6) is 5.88 Å². The first-order valence-electron chi connectivity index (χ1n) is 13.5. The molecule has 2 unspecified atom stereocenters. The number of para-hydroxylation sites is 2. The van der Waals surface area contributed by atoms with Gasteiger partial charge in [-0.05, 0) is 31.4 Å². The smallest absolute Gasteiger partial charge is 0.296 e. The molecular weight excluding hydrogens is 510 g/mol. The summed E-state index contributed by atoms with van der Waals surface area (Å²) >= 11 is 0. The summed E-state index contributed by atoms with van der Waals surface area (Å²) in [6.07, 6.45) is -0.179. The predicted molar refractivity (Wildman–Crippen MR) is 138 cm³/mol. The zero-order valence-corrected chi connectivity index (χ0v) is 21.7. The maximum Gasteiger partial charge on any atom is 0.296 e. The van der Waals surface area contributed by atoms with E-state index in [-0.39, 0.29) is 29.4 Å². The number of hydrogen-bond donors (Lipinski definition) is 0. The van der Waals surface area contributed by atoms with E-state index in [1.165, 1.54) is 4.57 Å². The first-order chi connectivity index (χ1) is 19.1. The number of amides is 1. The third-order valence-electron chi connectivity index (χ3n) is 7.56. The average Bonchev–Trinajstić information content (AvgIpc) is 3.62. The lowest BCUT2D eigenvalue weighted by Crippen LogP contribution is -2.38. The van der Waals surface area contributed by atoms with Crippen LogP contribution in [0.4, 0.5) is 14.7 Å². The van der Waals surface area contributed by atoms with E-state index in [1.807, 2.05) is 9.80 Å². The fourth-order valence-electron chi connectivity index (χ4n) is 5.49. The number of halogens is 2. The van der Waals surface area contributed by atoms with Gasteiger partial charge in [0.15, 0.2) is 5.82 Å². The molecule has 6 rings (SSSR count). The van der Waals surface area contributed by atoms with Crippen LogP contribution in [0.1, 0.15) is 31.5 Å². The minimum Gasteiger partial charge on any atom is -0.477 e. The molecule has 3 aliphatic heterocycles. The Kier molecular flexibility index (Phi) is 7.55. The van der Waals surface area contributed by atoms with Gasteiger partial charge in [0, 0.05) is 44.8 Å². The van der Waals surface area contributed by atoms with Crippen molar-refractivity contribution in [3.8, 4) is 11.7 Å². The number of carbonyl (C=O) groups is 1. The van der Waals surface area contributed by atoms with Crippen LogP contribution in [0, 0.1) is 11.8 Å². The van der Waals surface area contributed by atoms with Gasteiger partial charge in [0.2, 0.25) is 17.7 Å². The van der Waals surface area contributed by atoms with Crippen molar-refractivity contribution in [3.63, 3.8) is 0 Å². The lowest BCUT2D eigenvalue weighted by Gasteiger charge is -2.27. The SMILES string of the molecule is O=C(C1CCCOC1)N1CCC(COc2cc(-n3c(C(F)F)nc4ccccc43)nc(N3CCOCC3)n2)C1. The molecule has 1 aromatic carbocycles. The van der Waals surface area contributed by atoms with Gasteiger partial charge in [-0.1, -0.05) is 12.1 Å². The van der Waals surface area contributed by atoms with Gasteiger partial charge in [-0.25, -0.2) is 13.8 Å². The molecule has 2 atom stereocenters. The number of imidazole rings is 1. The molecule has 12 heteroatoms. The van der Waals surface area contributed by atoms with Crippen LogP contribution in [0.15, 0.2) is 30.3 Å². The molecule has 10 nitrogen and oxygen atoms in total. The minimum atomic E-state index is -2.79. The quantitative estimate of drug-likeness (QED) is 0.449. The van der Waals surface area contributed by atoms with Gasteiger partial charge < -0.3 is 24.0 Å². The summed E-state index contributed by atoms with van der Waals surface area (Å²) in [5.74, 6) is 0.815. The van der Waals surface area contributed by atoms with E-state index in [9.17, 15) is 13.6 Å². The summed E-state index contributed by atoms with van der Waals surface area (Å²) in [6.45, 7) is 5.10. The fraction of sp³-hybridized carbons (Fsp3) is 0.556. The molecule has 0 bridgehead atoms. The normalized spacial score (nSPS) is 22.1. The molecule has 0 saturated carbocycles. The van der Waals surface area contributed by atoms with Gasteiger partial charge in [-0.2, -0.15) is 9.97 Å². The number of benzene rings is 1. The van der Waals surface area contributed by atoms with Crippen molar-refractivity contribution in [3.05, 3.63) is 36.2 Å². The second-order valence-corrected chi connectivity index (χ2v) is 10.2. The van der Waals surface area contributed by atoms with Crippen LogP contribution in [-0.4, -0.2) is 89.5 Å². The number of carbonyl (C=O) groups excluding carboxylic acids is 1. The summed E-state index contributed by atoms with van der Waals surface area (Å²) in [5, 5.41) is 0. The highest BCUT2D eigenvalue weighted by atomic mass is 19.3. The first kappa shape index (κ1) is 25.9. The second kappa shape index (κ2) is 11.4. The Bertz CT molecular complexity index is 1310. The van der Waals surface area contributed by atoms with Crippen LogP contribution in [0.25, 0.3) is 16.9 Å². The maximum absolute atomic E-state index is 14.1. The number of nitrogens with zero attached hydrogens (tertiary/aromatic N) is 6. The molecule has 0 N–H and O–H groups in total. The molecule has 2 aromatic heterocycles. The Morgan fingerprint density at radius 2 is 1.90 bits per heavy atom. The topological polar surface area (TPSA) is 94.8 Å². The van der Waals surface area contributed by atoms with Gasteiger partial charge in [-0.3, -0.25) is 9.36 Å². The summed E-state index contributed by atoms with van der Waals surface area (Å²) in [4.78, 5) is 30.2. The summed E-state index contributed by atoms with van der Waals surface area (Å²) < 4.78 is 46.6. The standard InChI is InChI=1S/C27H32F2N6O4/c28-24(29)25-30-20-5-1-2-6-21(20)35(25)22-14-23(32-27(31-22)33-9-12-37-13-10-33)39-16-18-7-8-34(15-18)26(36)19-4-3-11-38-17-19/h1-2,5-6,14,18-19,24H,3-4,7-13,15-17H2. The van der Waals surface area contributed by atoms with E-state index in [0.717, 1.165) is 25.9 Å². The van der Waals surface area contributed by atoms with Crippen molar-refractivity contribution in [2.45, 2.75) is 25.7 Å². The maximum atomic E-state index is 14.1. The van der Waals surface area contributed by atoms with Crippen LogP contribution in [0.2, 0.25) is 0 Å². The van der Waals surface area contributed by atoms with Gasteiger partial charge in [0.1, 0.15) is 5.82 Å². The summed E-state index contributed by atoms with van der Waals surface area (Å²) in [7, 11) is 0. The lowest BCUT2D eigenvalue weighted by molar-refractivity contribution is -0.138. The van der Waals surface area contributed by atoms with Gasteiger partial charge in [0.25, 0.3) is 6.43 Å². The third kappa shape index (κ3) is 5.53. The average molecular weight is 543 g/mol. The van der Waals surface area contributed by atoms with E-state index >= 15 is 0 Å². The van der Waals surface area contributed by atoms with Gasteiger partial charge >= 0.3 is 0 Å². The molecule has 3 fully saturated rings. The monoisotopic (exact) mass is 542 g/mol. The Hall–Kier alpha value is -3.38. The van der Waals surface area contributed by atoms with Crippen molar-refractivity contribution in [1.82, 2.24) is 24.4 Å². The highest BCUT2D eigenvalue weighted by molar-refractivity contribution is 5.79. The molecule has 3 aliphatic rings. The van der Waals surface area contributed by atoms with E-state index in [2.05, 4.69) is 15.0 Å². The highest BCUT2D eigenvalue weighted by Crippen LogP contribution is 2.30. The number of hydrogen-bond acceptors (Lipinski definition) is 8. The molecule has 3 aromatic rings. The van der Waals surface area contributed by atoms with Crippen LogP contribution in [-0.2, 0) is 14.3 Å². The van der Waals surface area contributed by atoms with Gasteiger partial charge in [0.05, 0.1) is 43.4 Å². The van der Waals surface area contributed by atoms with E-state index in [4.69, 9.17) is 14.2 Å². The lowest BCUT2D eigenvalue weighted by atomic mass is 10.0. The molecule has 5 heterocycles. The third-order valence-corrected chi connectivity index (χ3v) is 7.56. The zero-order chi connectivity index (χ0) is 26.8. The minimum absolute atomic E-state index is 0.0621. The van der Waals surface area contributed by atoms with E-state index in [0.29, 0.717) is 75.5 Å². The Balaban J connectivity index is 1.24. The van der Waals surface area contributed by atoms with Crippen LogP contribution in [0.3, 0.4) is 0 Å². The molecule has 1 amide bonds. The van der Waals surface area contributed by atoms with Crippen LogP contribution >= 0.6 is 0 Å². The van der Waals surface area contributed by atoms with Crippen molar-refractivity contribution >= 4 is 22.9 Å². The molecule has 208 valence electrons. The predicted octanol–water partition coefficient (Wildman–Crippen LogP) is 3.24. The molecule has 39 heavy (non-hydrogen) atoms. The number of likely N-dealkylation sites (tertiary alicyclic amines) is 1. The largest absolute Gasteiger partial charge is 0.477 e. The van der Waals surface area contributed by atoms with E-state index < -0.39 is 6.43 Å². The zero-order valence-electron chi connectivity index (χ0n) is 21.7. The van der Waals surface area contributed by atoms with Crippen LogP contribution < -0.4 is 9.64 Å². The summed E-state index contributed by atoms with van der Waals surface area (Å²) in [6, 6.07) is 8.57. The number of alkyl halides is 2. The second-order valence-electron chi connectivity index (χ2n) is 10.2. The fourth-order valence-corrected chi connectivity index (χ4v) is 5.49. The summed E-state index contributed by atoms with van der Waals surface area (Å²) in [5.41, 5.74) is 0.989.